The van der Waals surface area contributed by atoms with E-state index in [0.29, 0.717) is 39.6 Å². The first-order valence-electron chi connectivity index (χ1n) is 13.7. The number of carbonyl (C=O) groups excluding carboxylic acids is 3. The van der Waals surface area contributed by atoms with Crippen LogP contribution < -0.4 is 16.0 Å². The zero-order valence-corrected chi connectivity index (χ0v) is 23.5. The first-order chi connectivity index (χ1) is 20.5. The Kier molecular flexibility index (Phi) is 8.03. The number of amides is 3. The van der Waals surface area contributed by atoms with E-state index in [1.54, 1.807) is 40.9 Å². The number of nitrogens with one attached hydrogen (secondary N) is 3. The van der Waals surface area contributed by atoms with Crippen LogP contribution in [0, 0.1) is 11.8 Å². The minimum Gasteiger partial charge on any atom is -0.348 e. The maximum absolute atomic E-state index is 13.6. The highest BCUT2D eigenvalue weighted by molar-refractivity contribution is 7.13. The summed E-state index contributed by atoms with van der Waals surface area (Å²) in [5.41, 5.74) is 3.75. The highest BCUT2D eigenvalue weighted by Gasteiger charge is 2.37. The normalized spacial score (nSPS) is 15.3. The third kappa shape index (κ3) is 6.07. The molecule has 0 spiro atoms. The van der Waals surface area contributed by atoms with Crippen LogP contribution in [0.2, 0.25) is 0 Å². The Hall–Kier alpha value is -4.85. The number of rotatable bonds is 6. The predicted octanol–water partition coefficient (Wildman–Crippen LogP) is 3.76. The van der Waals surface area contributed by atoms with Crippen molar-refractivity contribution in [1.82, 2.24) is 25.5 Å². The lowest BCUT2D eigenvalue weighted by molar-refractivity contribution is -0.120. The van der Waals surface area contributed by atoms with Gasteiger partial charge in [0.25, 0.3) is 17.7 Å². The van der Waals surface area contributed by atoms with E-state index in [2.05, 4.69) is 37.8 Å². The number of anilines is 1. The van der Waals surface area contributed by atoms with E-state index in [1.807, 2.05) is 42.5 Å². The maximum Gasteiger partial charge on any atom is 0.270 e. The van der Waals surface area contributed by atoms with E-state index in [9.17, 15) is 14.4 Å². The summed E-state index contributed by atoms with van der Waals surface area (Å²) in [6.45, 7) is 2.10. The van der Waals surface area contributed by atoms with Crippen LogP contribution in [-0.4, -0.2) is 51.7 Å². The first-order valence-corrected chi connectivity index (χ1v) is 14.6. The van der Waals surface area contributed by atoms with Crippen LogP contribution in [0.15, 0.2) is 78.4 Å². The molecule has 6 rings (SSSR count). The number of hydrogen-bond acceptors (Lipinski definition) is 7. The van der Waals surface area contributed by atoms with Gasteiger partial charge in [0.1, 0.15) is 11.7 Å². The van der Waals surface area contributed by atoms with Gasteiger partial charge in [-0.05, 0) is 61.3 Å². The molecule has 4 aromatic rings. The Bertz CT molecular complexity index is 1660. The number of thiazole rings is 1. The Balaban J connectivity index is 1.17. The van der Waals surface area contributed by atoms with Gasteiger partial charge in [0.2, 0.25) is 0 Å². The monoisotopic (exact) mass is 576 g/mol. The summed E-state index contributed by atoms with van der Waals surface area (Å²) in [5.74, 6) is 5.43. The second-order valence-electron chi connectivity index (χ2n) is 10.1. The molecule has 2 aliphatic heterocycles. The summed E-state index contributed by atoms with van der Waals surface area (Å²) >= 11 is 1.32. The van der Waals surface area contributed by atoms with Crippen molar-refractivity contribution in [2.45, 2.75) is 31.5 Å². The number of aromatic nitrogens is 2. The third-order valence-electron chi connectivity index (χ3n) is 7.30. The Labute approximate surface area is 247 Å². The third-order valence-corrected chi connectivity index (χ3v) is 7.99. The fourth-order valence-electron chi connectivity index (χ4n) is 5.15. The van der Waals surface area contributed by atoms with Gasteiger partial charge in [-0.2, -0.15) is 0 Å². The van der Waals surface area contributed by atoms with Gasteiger partial charge in [-0.3, -0.25) is 19.7 Å². The van der Waals surface area contributed by atoms with Gasteiger partial charge in [-0.1, -0.05) is 48.2 Å². The number of fused-ring (bicyclic) bond motifs is 1. The van der Waals surface area contributed by atoms with Crippen molar-refractivity contribution in [3.8, 4) is 11.8 Å². The zero-order chi connectivity index (χ0) is 28.9. The SMILES string of the molecule is O=C(NC1CCNCC1)c1ccc(C#Cc2ccc3c(c2)C(=O)N(C(C(=O)Nc2nccs2)c2ccccc2)C3)cn1. The molecule has 3 N–H and O–H groups in total. The number of benzene rings is 2. The van der Waals surface area contributed by atoms with E-state index in [-0.39, 0.29) is 23.8 Å². The number of pyridine rings is 1. The molecule has 4 heterocycles. The minimum atomic E-state index is -0.818. The van der Waals surface area contributed by atoms with Crippen molar-refractivity contribution in [3.63, 3.8) is 0 Å². The van der Waals surface area contributed by atoms with E-state index in [0.717, 1.165) is 31.5 Å². The fourth-order valence-corrected chi connectivity index (χ4v) is 5.68. The number of carbonyl (C=O) groups is 3. The van der Waals surface area contributed by atoms with Crippen LogP contribution in [0.4, 0.5) is 5.13 Å². The van der Waals surface area contributed by atoms with Crippen LogP contribution in [0.25, 0.3) is 0 Å². The molecular formula is C32H28N6O3S. The zero-order valence-electron chi connectivity index (χ0n) is 22.7. The summed E-state index contributed by atoms with van der Waals surface area (Å²) < 4.78 is 0. The van der Waals surface area contributed by atoms with Crippen molar-refractivity contribution in [2.24, 2.45) is 0 Å². The van der Waals surface area contributed by atoms with Gasteiger partial charge < -0.3 is 15.5 Å². The van der Waals surface area contributed by atoms with Crippen LogP contribution in [-0.2, 0) is 11.3 Å². The summed E-state index contributed by atoms with van der Waals surface area (Å²) in [5, 5.41) is 11.4. The molecule has 1 saturated heterocycles. The molecule has 3 amide bonds. The predicted molar refractivity (Wildman–Crippen MR) is 160 cm³/mol. The van der Waals surface area contributed by atoms with Gasteiger partial charge in [-0.15, -0.1) is 11.3 Å². The minimum absolute atomic E-state index is 0.161. The highest BCUT2D eigenvalue weighted by atomic mass is 32.1. The second-order valence-corrected chi connectivity index (χ2v) is 11.0. The Morgan fingerprint density at radius 1 is 1.00 bits per heavy atom. The van der Waals surface area contributed by atoms with Crippen LogP contribution in [0.5, 0.6) is 0 Å². The van der Waals surface area contributed by atoms with Crippen LogP contribution in [0.1, 0.15) is 62.0 Å². The number of hydrogen-bond donors (Lipinski definition) is 3. The fraction of sp³-hybridized carbons (Fsp3) is 0.219. The van der Waals surface area contributed by atoms with Gasteiger partial charge in [0.05, 0.1) is 0 Å². The van der Waals surface area contributed by atoms with E-state index in [1.165, 1.54) is 11.3 Å². The molecule has 2 aromatic carbocycles. The number of nitrogens with zero attached hydrogens (tertiary/aromatic N) is 3. The van der Waals surface area contributed by atoms with E-state index in [4.69, 9.17) is 0 Å². The number of piperidine rings is 1. The van der Waals surface area contributed by atoms with Crippen LogP contribution in [0.3, 0.4) is 0 Å². The van der Waals surface area contributed by atoms with Crippen molar-refractivity contribution in [1.29, 1.82) is 0 Å². The van der Waals surface area contributed by atoms with Crippen molar-refractivity contribution in [2.75, 3.05) is 18.4 Å². The lowest BCUT2D eigenvalue weighted by Gasteiger charge is -2.27. The summed E-state index contributed by atoms with van der Waals surface area (Å²) in [6, 6.07) is 17.5. The largest absolute Gasteiger partial charge is 0.348 e. The molecule has 0 saturated carbocycles. The molecule has 42 heavy (non-hydrogen) atoms. The first kappa shape index (κ1) is 27.3. The molecule has 210 valence electrons. The Morgan fingerprint density at radius 3 is 2.52 bits per heavy atom. The van der Waals surface area contributed by atoms with Gasteiger partial charge >= 0.3 is 0 Å². The molecule has 1 fully saturated rings. The van der Waals surface area contributed by atoms with Gasteiger partial charge in [0, 0.05) is 47.1 Å². The summed E-state index contributed by atoms with van der Waals surface area (Å²) in [6.07, 6.45) is 5.01. The smallest absolute Gasteiger partial charge is 0.270 e. The van der Waals surface area contributed by atoms with Crippen LogP contribution >= 0.6 is 11.3 Å². The van der Waals surface area contributed by atoms with Crippen molar-refractivity contribution >= 4 is 34.2 Å². The van der Waals surface area contributed by atoms with Crippen molar-refractivity contribution in [3.05, 3.63) is 112 Å². The summed E-state index contributed by atoms with van der Waals surface area (Å²) in [4.78, 5) is 49.6. The molecule has 0 bridgehead atoms. The topological polar surface area (TPSA) is 116 Å². The molecule has 2 aliphatic rings. The average Bonchev–Trinajstić information content (AvgIpc) is 3.65. The lowest BCUT2D eigenvalue weighted by atomic mass is 10.0. The summed E-state index contributed by atoms with van der Waals surface area (Å²) in [7, 11) is 0. The standard InChI is InChI=1S/C32H28N6O3S/c39-29(36-25-12-14-33-15-13-25)27-11-9-22(19-35-27)7-6-21-8-10-24-20-38(31(41)26(24)18-21)28(23-4-2-1-3-5-23)30(40)37-32-34-16-17-42-32/h1-5,8-11,16-19,25,28,33H,12-15,20H2,(H,36,39)(H,34,37,40). The van der Waals surface area contributed by atoms with Crippen molar-refractivity contribution < 1.29 is 14.4 Å². The quantitative estimate of drug-likeness (QED) is 0.301. The molecule has 1 atom stereocenters. The van der Waals surface area contributed by atoms with E-state index < -0.39 is 6.04 Å². The molecule has 0 radical (unpaired) electrons. The highest BCUT2D eigenvalue weighted by Crippen LogP contribution is 2.33. The van der Waals surface area contributed by atoms with Gasteiger partial charge in [-0.25, -0.2) is 9.97 Å². The molecule has 1 unspecified atom stereocenters. The average molecular weight is 577 g/mol. The lowest BCUT2D eigenvalue weighted by Crippen LogP contribution is -2.42. The molecule has 2 aromatic heterocycles. The Morgan fingerprint density at radius 2 is 1.79 bits per heavy atom. The van der Waals surface area contributed by atoms with E-state index >= 15 is 0 Å². The molecule has 9 nitrogen and oxygen atoms in total. The maximum atomic E-state index is 13.6. The van der Waals surface area contributed by atoms with Gasteiger partial charge in [0.15, 0.2) is 5.13 Å². The molecule has 10 heteroatoms. The second kappa shape index (κ2) is 12.3. The molecular weight excluding hydrogens is 548 g/mol. The molecule has 0 aliphatic carbocycles.